The zero-order chi connectivity index (χ0) is 10.7. The number of anilines is 2. The molecule has 0 unspecified atom stereocenters. The lowest BCUT2D eigenvalue weighted by Gasteiger charge is -2.00. The number of halogens is 1. The topological polar surface area (TPSA) is 63.8 Å². The van der Waals surface area contributed by atoms with E-state index < -0.39 is 0 Å². The molecule has 0 radical (unpaired) electrons. The van der Waals surface area contributed by atoms with E-state index in [-0.39, 0.29) is 5.82 Å². The number of nitrogens with one attached hydrogen (secondary N) is 1. The zero-order valence-corrected chi connectivity index (χ0v) is 8.59. The van der Waals surface area contributed by atoms with Gasteiger partial charge in [0.1, 0.15) is 10.8 Å². The van der Waals surface area contributed by atoms with Crippen LogP contribution in [-0.4, -0.2) is 10.2 Å². The maximum absolute atomic E-state index is 12.8. The molecule has 0 spiro atoms. The van der Waals surface area contributed by atoms with Gasteiger partial charge in [-0.1, -0.05) is 17.4 Å². The smallest absolute Gasteiger partial charge is 0.210 e. The van der Waals surface area contributed by atoms with Crippen LogP contribution in [0.5, 0.6) is 0 Å². The van der Waals surface area contributed by atoms with Gasteiger partial charge in [0.15, 0.2) is 0 Å². The Morgan fingerprint density at radius 1 is 1.40 bits per heavy atom. The Morgan fingerprint density at radius 3 is 2.93 bits per heavy atom. The van der Waals surface area contributed by atoms with Gasteiger partial charge in [0, 0.05) is 12.2 Å². The van der Waals surface area contributed by atoms with Crippen molar-refractivity contribution in [1.29, 1.82) is 0 Å². The Hall–Kier alpha value is -1.53. The van der Waals surface area contributed by atoms with Crippen LogP contribution in [0.25, 0.3) is 0 Å². The molecule has 0 fully saturated rings. The fraction of sp³-hybridized carbons (Fsp3) is 0.111. The zero-order valence-electron chi connectivity index (χ0n) is 7.77. The Labute approximate surface area is 90.0 Å². The number of hydrogen-bond donors (Lipinski definition) is 2. The lowest BCUT2D eigenvalue weighted by Crippen LogP contribution is -1.94. The van der Waals surface area contributed by atoms with Crippen LogP contribution in [0.4, 0.5) is 15.2 Å². The largest absolute Gasteiger partial charge is 0.330 e. The second-order valence-corrected chi connectivity index (χ2v) is 3.90. The molecule has 0 saturated carbocycles. The number of benzene rings is 1. The molecule has 0 saturated heterocycles. The van der Waals surface area contributed by atoms with E-state index in [0.717, 1.165) is 5.01 Å². The standard InChI is InChI=1S/C9H9FN4S/c10-6-2-1-3-7(4-6)12-9-14-13-8(5-11)15-9/h1-4H,5,11H2,(H,12,14). The quantitative estimate of drug-likeness (QED) is 0.835. The lowest BCUT2D eigenvalue weighted by molar-refractivity contribution is 0.628. The van der Waals surface area contributed by atoms with Gasteiger partial charge in [-0.3, -0.25) is 0 Å². The van der Waals surface area contributed by atoms with Crippen molar-refractivity contribution in [1.82, 2.24) is 10.2 Å². The Kier molecular flexibility index (Phi) is 2.89. The third kappa shape index (κ3) is 2.48. The first-order valence-electron chi connectivity index (χ1n) is 4.33. The van der Waals surface area contributed by atoms with Crippen molar-refractivity contribution in [2.45, 2.75) is 6.54 Å². The number of aromatic nitrogens is 2. The minimum atomic E-state index is -0.288. The van der Waals surface area contributed by atoms with Gasteiger partial charge >= 0.3 is 0 Å². The highest BCUT2D eigenvalue weighted by atomic mass is 32.1. The molecule has 6 heteroatoms. The summed E-state index contributed by atoms with van der Waals surface area (Å²) in [6.45, 7) is 0.364. The van der Waals surface area contributed by atoms with Crippen molar-refractivity contribution < 1.29 is 4.39 Å². The Bertz CT molecular complexity index is 457. The first-order valence-corrected chi connectivity index (χ1v) is 5.14. The molecule has 0 amide bonds. The normalized spacial score (nSPS) is 10.3. The van der Waals surface area contributed by atoms with Crippen LogP contribution in [0, 0.1) is 5.82 Å². The maximum atomic E-state index is 12.8. The fourth-order valence-electron chi connectivity index (χ4n) is 1.08. The van der Waals surface area contributed by atoms with Gasteiger partial charge in [0.25, 0.3) is 0 Å². The second-order valence-electron chi connectivity index (χ2n) is 2.84. The third-order valence-electron chi connectivity index (χ3n) is 1.72. The molecule has 3 N–H and O–H groups in total. The highest BCUT2D eigenvalue weighted by Gasteiger charge is 2.02. The minimum Gasteiger partial charge on any atom is -0.330 e. The van der Waals surface area contributed by atoms with Crippen molar-refractivity contribution in [3.63, 3.8) is 0 Å². The van der Waals surface area contributed by atoms with E-state index in [1.54, 1.807) is 12.1 Å². The summed E-state index contributed by atoms with van der Waals surface area (Å²) in [7, 11) is 0. The van der Waals surface area contributed by atoms with Crippen LogP contribution in [-0.2, 0) is 6.54 Å². The summed E-state index contributed by atoms with van der Waals surface area (Å²) >= 11 is 1.35. The van der Waals surface area contributed by atoms with E-state index in [1.165, 1.54) is 23.5 Å². The van der Waals surface area contributed by atoms with Crippen LogP contribution < -0.4 is 11.1 Å². The van der Waals surface area contributed by atoms with Gasteiger partial charge in [-0.2, -0.15) is 0 Å². The molecular formula is C9H9FN4S. The van der Waals surface area contributed by atoms with Crippen molar-refractivity contribution in [2.24, 2.45) is 5.73 Å². The summed E-state index contributed by atoms with van der Waals surface area (Å²) in [6.07, 6.45) is 0. The molecule has 1 heterocycles. The SMILES string of the molecule is NCc1nnc(Nc2cccc(F)c2)s1. The van der Waals surface area contributed by atoms with E-state index in [9.17, 15) is 4.39 Å². The molecule has 15 heavy (non-hydrogen) atoms. The molecule has 1 aromatic heterocycles. The molecule has 0 aliphatic heterocycles. The van der Waals surface area contributed by atoms with Crippen molar-refractivity contribution in [3.8, 4) is 0 Å². The summed E-state index contributed by atoms with van der Waals surface area (Å²) < 4.78 is 12.8. The fourth-order valence-corrected chi connectivity index (χ4v) is 1.72. The third-order valence-corrected chi connectivity index (χ3v) is 2.58. The Balaban J connectivity index is 2.14. The number of rotatable bonds is 3. The molecule has 0 atom stereocenters. The number of nitrogens with zero attached hydrogens (tertiary/aromatic N) is 2. The van der Waals surface area contributed by atoms with Gasteiger partial charge < -0.3 is 11.1 Å². The molecule has 2 aromatic rings. The van der Waals surface area contributed by atoms with Crippen molar-refractivity contribution >= 4 is 22.2 Å². The summed E-state index contributed by atoms with van der Waals surface area (Å²) in [5.41, 5.74) is 6.05. The number of nitrogens with two attached hydrogens (primary N) is 1. The summed E-state index contributed by atoms with van der Waals surface area (Å²) in [6, 6.07) is 6.16. The highest BCUT2D eigenvalue weighted by molar-refractivity contribution is 7.15. The van der Waals surface area contributed by atoms with E-state index in [1.807, 2.05) is 0 Å². The van der Waals surface area contributed by atoms with E-state index >= 15 is 0 Å². The predicted octanol–water partition coefficient (Wildman–Crippen LogP) is 1.88. The van der Waals surface area contributed by atoms with Crippen LogP contribution >= 0.6 is 11.3 Å². The maximum Gasteiger partial charge on any atom is 0.210 e. The monoisotopic (exact) mass is 224 g/mol. The average Bonchev–Trinajstić information content (AvgIpc) is 2.65. The first kappa shape index (κ1) is 10.0. The molecule has 4 nitrogen and oxygen atoms in total. The first-order chi connectivity index (χ1) is 7.28. The lowest BCUT2D eigenvalue weighted by atomic mass is 10.3. The summed E-state index contributed by atoms with van der Waals surface area (Å²) in [5.74, 6) is -0.288. The molecule has 0 aliphatic rings. The van der Waals surface area contributed by atoms with E-state index in [2.05, 4.69) is 15.5 Å². The van der Waals surface area contributed by atoms with E-state index in [0.29, 0.717) is 17.4 Å². The summed E-state index contributed by atoms with van der Waals surface area (Å²) in [5, 5.41) is 12.0. The van der Waals surface area contributed by atoms with Crippen LogP contribution in [0.15, 0.2) is 24.3 Å². The molecule has 78 valence electrons. The molecule has 1 aromatic carbocycles. The van der Waals surface area contributed by atoms with Crippen molar-refractivity contribution in [3.05, 3.63) is 35.1 Å². The van der Waals surface area contributed by atoms with E-state index in [4.69, 9.17) is 5.73 Å². The molecular weight excluding hydrogens is 215 g/mol. The predicted molar refractivity (Wildman–Crippen MR) is 57.5 cm³/mol. The molecule has 0 aliphatic carbocycles. The van der Waals surface area contributed by atoms with Crippen molar-refractivity contribution in [2.75, 3.05) is 5.32 Å². The average molecular weight is 224 g/mol. The van der Waals surface area contributed by atoms with Gasteiger partial charge in [-0.15, -0.1) is 10.2 Å². The van der Waals surface area contributed by atoms with Crippen LogP contribution in [0.1, 0.15) is 5.01 Å². The molecule has 2 rings (SSSR count). The number of hydrogen-bond acceptors (Lipinski definition) is 5. The van der Waals surface area contributed by atoms with Gasteiger partial charge in [0.05, 0.1) is 0 Å². The van der Waals surface area contributed by atoms with Gasteiger partial charge in [0.2, 0.25) is 5.13 Å². The van der Waals surface area contributed by atoms with Crippen LogP contribution in [0.2, 0.25) is 0 Å². The van der Waals surface area contributed by atoms with Gasteiger partial charge in [-0.25, -0.2) is 4.39 Å². The Morgan fingerprint density at radius 2 is 2.27 bits per heavy atom. The molecule has 0 bridgehead atoms. The van der Waals surface area contributed by atoms with Crippen LogP contribution in [0.3, 0.4) is 0 Å². The van der Waals surface area contributed by atoms with Gasteiger partial charge in [-0.05, 0) is 18.2 Å². The minimum absolute atomic E-state index is 0.288. The second kappa shape index (κ2) is 4.33. The highest BCUT2D eigenvalue weighted by Crippen LogP contribution is 2.20. The summed E-state index contributed by atoms with van der Waals surface area (Å²) in [4.78, 5) is 0.